The van der Waals surface area contributed by atoms with E-state index < -0.39 is 0 Å². The Kier molecular flexibility index (Phi) is 4.54. The maximum Gasteiger partial charge on any atom is 0.256 e. The zero-order chi connectivity index (χ0) is 21.5. The Morgan fingerprint density at radius 3 is 2.71 bits per heavy atom. The highest BCUT2D eigenvalue weighted by molar-refractivity contribution is 6.13. The van der Waals surface area contributed by atoms with E-state index in [0.717, 1.165) is 12.8 Å². The molecule has 1 aliphatic rings. The number of aromatic nitrogens is 3. The molecule has 31 heavy (non-hydrogen) atoms. The van der Waals surface area contributed by atoms with Gasteiger partial charge >= 0.3 is 0 Å². The van der Waals surface area contributed by atoms with Gasteiger partial charge in [-0.15, -0.1) is 0 Å². The molecule has 8 heteroatoms. The lowest BCUT2D eigenvalue weighted by molar-refractivity contribution is 0.0949. The summed E-state index contributed by atoms with van der Waals surface area (Å²) in [5, 5.41) is 11.0. The van der Waals surface area contributed by atoms with Gasteiger partial charge in [0.2, 0.25) is 0 Å². The maximum absolute atomic E-state index is 13.3. The highest BCUT2D eigenvalue weighted by Gasteiger charge is 2.24. The quantitative estimate of drug-likeness (QED) is 0.518. The van der Waals surface area contributed by atoms with Gasteiger partial charge in [0.05, 0.1) is 22.9 Å². The second-order valence-electron chi connectivity index (χ2n) is 7.72. The maximum atomic E-state index is 13.3. The molecule has 0 saturated heterocycles. The van der Waals surface area contributed by atoms with Gasteiger partial charge in [-0.25, -0.2) is 4.98 Å². The molecule has 0 unspecified atom stereocenters. The molecule has 0 aliphatic heterocycles. The first-order valence-corrected chi connectivity index (χ1v) is 10.1. The topological polar surface area (TPSA) is 102 Å². The van der Waals surface area contributed by atoms with Gasteiger partial charge in [0, 0.05) is 24.3 Å². The third-order valence-electron chi connectivity index (χ3n) is 5.28. The average molecular weight is 415 g/mol. The number of anilines is 1. The number of pyridine rings is 1. The van der Waals surface area contributed by atoms with E-state index in [2.05, 4.69) is 20.7 Å². The number of rotatable bonds is 5. The third-order valence-corrected chi connectivity index (χ3v) is 5.28. The first-order valence-electron chi connectivity index (χ1n) is 10.1. The standard InChI is InChI=1S/C23H21N5O3/c1-13-20-17(12-18(19-7-4-10-31-19)26-21(20)28(2)27-13)23(30)25-16-6-3-5-14(11-16)22(29)24-15-8-9-15/h3-7,10-12,15H,8-9H2,1-2H3,(H,24,29)(H,25,30). The van der Waals surface area contributed by atoms with E-state index in [0.29, 0.717) is 45.0 Å². The van der Waals surface area contributed by atoms with Crippen molar-refractivity contribution in [1.29, 1.82) is 0 Å². The van der Waals surface area contributed by atoms with Gasteiger partial charge in [-0.05, 0) is 56.2 Å². The van der Waals surface area contributed by atoms with Gasteiger partial charge in [-0.3, -0.25) is 14.3 Å². The van der Waals surface area contributed by atoms with E-state index in [1.165, 1.54) is 0 Å². The highest BCUT2D eigenvalue weighted by Crippen LogP contribution is 2.28. The summed E-state index contributed by atoms with van der Waals surface area (Å²) >= 11 is 0. The summed E-state index contributed by atoms with van der Waals surface area (Å²) in [4.78, 5) is 30.3. The van der Waals surface area contributed by atoms with Crippen LogP contribution in [0, 0.1) is 6.92 Å². The Hall–Kier alpha value is -3.94. The molecule has 5 rings (SSSR count). The van der Waals surface area contributed by atoms with Gasteiger partial charge < -0.3 is 15.1 Å². The summed E-state index contributed by atoms with van der Waals surface area (Å²) < 4.78 is 7.13. The van der Waals surface area contributed by atoms with Crippen molar-refractivity contribution in [3.8, 4) is 11.5 Å². The fraction of sp³-hybridized carbons (Fsp3) is 0.217. The lowest BCUT2D eigenvalue weighted by atomic mass is 10.1. The van der Waals surface area contributed by atoms with Crippen LogP contribution in [0.1, 0.15) is 39.3 Å². The molecular formula is C23H21N5O3. The van der Waals surface area contributed by atoms with Crippen molar-refractivity contribution in [1.82, 2.24) is 20.1 Å². The summed E-state index contributed by atoms with van der Waals surface area (Å²) in [5.41, 5.74) is 3.34. The van der Waals surface area contributed by atoms with Crippen LogP contribution in [0.2, 0.25) is 0 Å². The molecule has 1 aromatic carbocycles. The number of nitrogens with zero attached hydrogens (tertiary/aromatic N) is 3. The smallest absolute Gasteiger partial charge is 0.256 e. The predicted molar refractivity (Wildman–Crippen MR) is 116 cm³/mol. The SMILES string of the molecule is Cc1nn(C)c2nc(-c3ccco3)cc(C(=O)Nc3cccc(C(=O)NC4CC4)c3)c12. The Morgan fingerprint density at radius 2 is 1.97 bits per heavy atom. The highest BCUT2D eigenvalue weighted by atomic mass is 16.3. The predicted octanol–water partition coefficient (Wildman–Crippen LogP) is 3.68. The summed E-state index contributed by atoms with van der Waals surface area (Å²) in [6.07, 6.45) is 3.60. The van der Waals surface area contributed by atoms with E-state index in [9.17, 15) is 9.59 Å². The van der Waals surface area contributed by atoms with Crippen molar-refractivity contribution in [3.63, 3.8) is 0 Å². The molecule has 2 amide bonds. The normalized spacial score (nSPS) is 13.4. The van der Waals surface area contributed by atoms with Crippen LogP contribution in [-0.4, -0.2) is 32.6 Å². The minimum atomic E-state index is -0.309. The number of aryl methyl sites for hydroxylation is 2. The second-order valence-corrected chi connectivity index (χ2v) is 7.72. The fourth-order valence-electron chi connectivity index (χ4n) is 3.61. The van der Waals surface area contributed by atoms with E-state index in [-0.39, 0.29) is 17.9 Å². The zero-order valence-corrected chi connectivity index (χ0v) is 17.2. The van der Waals surface area contributed by atoms with Gasteiger partial charge in [0.1, 0.15) is 5.69 Å². The van der Waals surface area contributed by atoms with Crippen LogP contribution in [0.5, 0.6) is 0 Å². The number of nitrogens with one attached hydrogen (secondary N) is 2. The summed E-state index contributed by atoms with van der Waals surface area (Å²) in [6.45, 7) is 1.84. The molecule has 8 nitrogen and oxygen atoms in total. The van der Waals surface area contributed by atoms with Crippen molar-refractivity contribution in [2.24, 2.45) is 7.05 Å². The monoisotopic (exact) mass is 415 g/mol. The molecule has 3 heterocycles. The van der Waals surface area contributed by atoms with Crippen molar-refractivity contribution >= 4 is 28.5 Å². The number of carbonyl (C=O) groups excluding carboxylic acids is 2. The summed E-state index contributed by atoms with van der Waals surface area (Å²) in [7, 11) is 1.79. The Bertz CT molecular complexity index is 1300. The minimum absolute atomic E-state index is 0.131. The molecule has 156 valence electrons. The number of carbonyl (C=O) groups is 2. The van der Waals surface area contributed by atoms with Crippen LogP contribution >= 0.6 is 0 Å². The van der Waals surface area contributed by atoms with Crippen molar-refractivity contribution in [3.05, 3.63) is 65.5 Å². The van der Waals surface area contributed by atoms with E-state index in [1.807, 2.05) is 6.92 Å². The van der Waals surface area contributed by atoms with Gasteiger partial charge in [0.15, 0.2) is 11.4 Å². The molecule has 0 radical (unpaired) electrons. The summed E-state index contributed by atoms with van der Waals surface area (Å²) in [6, 6.07) is 12.5. The van der Waals surface area contributed by atoms with Crippen LogP contribution in [0.4, 0.5) is 5.69 Å². The van der Waals surface area contributed by atoms with Crippen LogP contribution in [0.15, 0.2) is 53.1 Å². The van der Waals surface area contributed by atoms with Crippen LogP contribution < -0.4 is 10.6 Å². The summed E-state index contributed by atoms with van der Waals surface area (Å²) in [5.74, 6) is 0.123. The first kappa shape index (κ1) is 19.0. The molecular weight excluding hydrogens is 394 g/mol. The lowest BCUT2D eigenvalue weighted by Crippen LogP contribution is -2.25. The molecule has 0 spiro atoms. The van der Waals surface area contributed by atoms with Gasteiger partial charge in [-0.1, -0.05) is 6.07 Å². The molecule has 2 N–H and O–H groups in total. The Morgan fingerprint density at radius 1 is 1.13 bits per heavy atom. The number of hydrogen-bond donors (Lipinski definition) is 2. The number of hydrogen-bond acceptors (Lipinski definition) is 5. The fourth-order valence-corrected chi connectivity index (χ4v) is 3.61. The largest absolute Gasteiger partial charge is 0.463 e. The van der Waals surface area contributed by atoms with E-state index in [1.54, 1.807) is 60.5 Å². The van der Waals surface area contributed by atoms with Gasteiger partial charge in [0.25, 0.3) is 11.8 Å². The van der Waals surface area contributed by atoms with Crippen molar-refractivity contribution in [2.45, 2.75) is 25.8 Å². The number of fused-ring (bicyclic) bond motifs is 1. The van der Waals surface area contributed by atoms with E-state index in [4.69, 9.17) is 4.42 Å². The second kappa shape index (κ2) is 7.39. The third kappa shape index (κ3) is 3.68. The number of amides is 2. The molecule has 3 aromatic heterocycles. The Labute approximate surface area is 178 Å². The van der Waals surface area contributed by atoms with Crippen LogP contribution in [-0.2, 0) is 7.05 Å². The first-order chi connectivity index (χ1) is 15.0. The van der Waals surface area contributed by atoms with Crippen molar-refractivity contribution < 1.29 is 14.0 Å². The van der Waals surface area contributed by atoms with Gasteiger partial charge in [-0.2, -0.15) is 5.10 Å². The van der Waals surface area contributed by atoms with E-state index >= 15 is 0 Å². The molecule has 4 aromatic rings. The molecule has 1 fully saturated rings. The zero-order valence-electron chi connectivity index (χ0n) is 17.2. The van der Waals surface area contributed by atoms with Crippen molar-refractivity contribution in [2.75, 3.05) is 5.32 Å². The minimum Gasteiger partial charge on any atom is -0.463 e. The molecule has 1 saturated carbocycles. The molecule has 0 bridgehead atoms. The average Bonchev–Trinajstić information content (AvgIpc) is 3.30. The van der Waals surface area contributed by atoms with Crippen LogP contribution in [0.3, 0.4) is 0 Å². The lowest BCUT2D eigenvalue weighted by Gasteiger charge is -2.10. The number of benzene rings is 1. The molecule has 0 atom stereocenters. The molecule has 1 aliphatic carbocycles. The number of furan rings is 1. The van der Waals surface area contributed by atoms with Crippen LogP contribution in [0.25, 0.3) is 22.5 Å². The Balaban J connectivity index is 1.50.